The van der Waals surface area contributed by atoms with E-state index >= 15 is 0 Å². The van der Waals surface area contributed by atoms with Crippen LogP contribution in [0.25, 0.3) is 0 Å². The highest BCUT2D eigenvalue weighted by Gasteiger charge is 2.60. The van der Waals surface area contributed by atoms with Crippen LogP contribution in [0.1, 0.15) is 59.3 Å². The fraction of sp³-hybridized carbons (Fsp3) is 0.938. The molecule has 4 aliphatic rings. The second-order valence-corrected chi connectivity index (χ2v) is 7.78. The van der Waals surface area contributed by atoms with Crippen LogP contribution in [0.3, 0.4) is 0 Å². The number of hydrogen-bond acceptors (Lipinski definition) is 3. The number of amides is 1. The number of piperazine rings is 1. The van der Waals surface area contributed by atoms with Crippen molar-refractivity contribution in [2.75, 3.05) is 13.1 Å². The molecule has 2 atom stereocenters. The summed E-state index contributed by atoms with van der Waals surface area (Å²) in [7, 11) is 0. The maximum Gasteiger partial charge on any atom is 0.411 e. The predicted octanol–water partition coefficient (Wildman–Crippen LogP) is 2.92. The van der Waals surface area contributed by atoms with E-state index in [2.05, 4.69) is 10.2 Å². The minimum Gasteiger partial charge on any atom is -0.444 e. The number of carbonyl (C=O) groups is 1. The first kappa shape index (κ1) is 14.2. The Kier molecular flexibility index (Phi) is 3.47. The van der Waals surface area contributed by atoms with Crippen molar-refractivity contribution >= 4 is 6.09 Å². The molecule has 0 spiro atoms. The van der Waals surface area contributed by atoms with Crippen LogP contribution in [0.4, 0.5) is 4.79 Å². The van der Waals surface area contributed by atoms with E-state index in [1.807, 2.05) is 20.8 Å². The second kappa shape index (κ2) is 4.90. The van der Waals surface area contributed by atoms with Gasteiger partial charge in [0.15, 0.2) is 0 Å². The summed E-state index contributed by atoms with van der Waals surface area (Å²) in [6.07, 6.45) is 7.61. The highest BCUT2D eigenvalue weighted by Crippen LogP contribution is 2.49. The number of ether oxygens (including phenoxy) is 1. The summed E-state index contributed by atoms with van der Waals surface area (Å²) < 4.78 is 5.65. The Labute approximate surface area is 122 Å². The molecule has 4 fully saturated rings. The zero-order valence-corrected chi connectivity index (χ0v) is 13.1. The number of hydrogen-bond donors (Lipinski definition) is 1. The van der Waals surface area contributed by atoms with Crippen LogP contribution in [0.5, 0.6) is 0 Å². The Balaban J connectivity index is 1.76. The van der Waals surface area contributed by atoms with Crippen LogP contribution in [0, 0.1) is 5.92 Å². The van der Waals surface area contributed by atoms with Crippen molar-refractivity contribution in [3.63, 3.8) is 0 Å². The summed E-state index contributed by atoms with van der Waals surface area (Å²) in [5.41, 5.74) is -0.353. The third-order valence-corrected chi connectivity index (χ3v) is 5.20. The smallest absolute Gasteiger partial charge is 0.411 e. The first-order valence-electron chi connectivity index (χ1n) is 8.15. The van der Waals surface area contributed by atoms with E-state index in [0.29, 0.717) is 12.0 Å². The van der Waals surface area contributed by atoms with Gasteiger partial charge in [-0.15, -0.1) is 0 Å². The fourth-order valence-corrected chi connectivity index (χ4v) is 4.41. The summed E-state index contributed by atoms with van der Waals surface area (Å²) in [5, 5.41) is 3.52. The standard InChI is InChI=1S/C16H28N2O2/c1-15(2,3)20-14(19)18-13-9-16(18,11-17-10-13)12-7-5-4-6-8-12/h12-13,17H,4-11H2,1-3H3. The number of rotatable bonds is 1. The molecule has 3 aliphatic heterocycles. The van der Waals surface area contributed by atoms with E-state index in [1.165, 1.54) is 38.5 Å². The van der Waals surface area contributed by atoms with Gasteiger partial charge in [0.05, 0.1) is 11.6 Å². The van der Waals surface area contributed by atoms with Crippen molar-refractivity contribution in [1.29, 1.82) is 0 Å². The van der Waals surface area contributed by atoms with Gasteiger partial charge in [-0.3, -0.25) is 4.90 Å². The van der Waals surface area contributed by atoms with Crippen molar-refractivity contribution in [2.45, 2.75) is 76.5 Å². The average molecular weight is 280 g/mol. The Hall–Kier alpha value is -0.770. The summed E-state index contributed by atoms with van der Waals surface area (Å²) in [5.74, 6) is 0.660. The van der Waals surface area contributed by atoms with Gasteiger partial charge in [-0.2, -0.15) is 0 Å². The minimum atomic E-state index is -0.401. The molecule has 0 aromatic rings. The summed E-state index contributed by atoms with van der Waals surface area (Å²) in [4.78, 5) is 14.7. The summed E-state index contributed by atoms with van der Waals surface area (Å²) in [6, 6.07) is 0.348. The Morgan fingerprint density at radius 2 is 1.95 bits per heavy atom. The van der Waals surface area contributed by atoms with Crippen LogP contribution >= 0.6 is 0 Å². The second-order valence-electron chi connectivity index (χ2n) is 7.78. The van der Waals surface area contributed by atoms with Crippen molar-refractivity contribution in [3.05, 3.63) is 0 Å². The number of piperidine rings is 1. The number of nitrogens with zero attached hydrogens (tertiary/aromatic N) is 1. The monoisotopic (exact) mass is 280 g/mol. The molecule has 4 rings (SSSR count). The lowest BCUT2D eigenvalue weighted by atomic mass is 9.63. The van der Waals surface area contributed by atoms with Crippen LogP contribution in [-0.2, 0) is 4.74 Å². The van der Waals surface area contributed by atoms with E-state index in [0.717, 1.165) is 13.1 Å². The molecule has 1 N–H and O–H groups in total. The van der Waals surface area contributed by atoms with Gasteiger partial charge in [0.1, 0.15) is 5.60 Å². The highest BCUT2D eigenvalue weighted by molar-refractivity contribution is 5.71. The maximum absolute atomic E-state index is 12.6. The Morgan fingerprint density at radius 3 is 2.55 bits per heavy atom. The van der Waals surface area contributed by atoms with Gasteiger partial charge in [-0.05, 0) is 46.0 Å². The van der Waals surface area contributed by atoms with Gasteiger partial charge in [0.25, 0.3) is 0 Å². The molecule has 0 aromatic heterocycles. The topological polar surface area (TPSA) is 41.6 Å². The predicted molar refractivity (Wildman–Crippen MR) is 78.7 cm³/mol. The van der Waals surface area contributed by atoms with E-state index < -0.39 is 5.60 Å². The van der Waals surface area contributed by atoms with Gasteiger partial charge in [0, 0.05) is 13.1 Å². The summed E-state index contributed by atoms with van der Waals surface area (Å²) in [6.45, 7) is 7.73. The van der Waals surface area contributed by atoms with Crippen LogP contribution in [0.2, 0.25) is 0 Å². The molecular formula is C16H28N2O2. The molecule has 1 aliphatic carbocycles. The minimum absolute atomic E-state index is 0.0473. The van der Waals surface area contributed by atoms with Gasteiger partial charge in [0.2, 0.25) is 0 Å². The molecule has 3 saturated heterocycles. The highest BCUT2D eigenvalue weighted by atomic mass is 16.6. The van der Waals surface area contributed by atoms with E-state index in [-0.39, 0.29) is 11.6 Å². The molecule has 0 aromatic carbocycles. The average Bonchev–Trinajstić information content (AvgIpc) is 2.37. The van der Waals surface area contributed by atoms with E-state index in [4.69, 9.17) is 4.74 Å². The zero-order chi connectivity index (χ0) is 14.4. The van der Waals surface area contributed by atoms with E-state index in [9.17, 15) is 4.79 Å². The zero-order valence-electron chi connectivity index (χ0n) is 13.1. The van der Waals surface area contributed by atoms with E-state index in [1.54, 1.807) is 0 Å². The molecule has 1 amide bonds. The molecule has 3 heterocycles. The lowest BCUT2D eigenvalue weighted by Gasteiger charge is -2.65. The van der Waals surface area contributed by atoms with Crippen LogP contribution in [-0.4, -0.2) is 41.3 Å². The third kappa shape index (κ3) is 2.32. The van der Waals surface area contributed by atoms with Gasteiger partial charge < -0.3 is 10.1 Å². The van der Waals surface area contributed by atoms with Crippen molar-refractivity contribution in [3.8, 4) is 0 Å². The Morgan fingerprint density at radius 1 is 1.25 bits per heavy atom. The van der Waals surface area contributed by atoms with Gasteiger partial charge in [-0.25, -0.2) is 4.79 Å². The van der Waals surface area contributed by atoms with Crippen molar-refractivity contribution < 1.29 is 9.53 Å². The van der Waals surface area contributed by atoms with Crippen molar-refractivity contribution in [2.24, 2.45) is 5.92 Å². The lowest BCUT2D eigenvalue weighted by Crippen LogP contribution is -2.80. The molecule has 114 valence electrons. The molecule has 4 heteroatoms. The quantitative estimate of drug-likeness (QED) is 0.803. The molecule has 2 unspecified atom stereocenters. The summed E-state index contributed by atoms with van der Waals surface area (Å²) >= 11 is 0. The SMILES string of the molecule is CC(C)(C)OC(=O)N1C2CNCC1(C1CCCCC1)C2. The molecular weight excluding hydrogens is 252 g/mol. The normalized spacial score (nSPS) is 34.5. The maximum atomic E-state index is 12.6. The number of fused-ring (bicyclic) bond motifs is 2. The first-order chi connectivity index (χ1) is 9.42. The number of nitrogens with one attached hydrogen (secondary N) is 1. The Bertz CT molecular complexity index is 380. The van der Waals surface area contributed by atoms with Gasteiger partial charge in [-0.1, -0.05) is 19.3 Å². The molecule has 2 bridgehead atoms. The lowest BCUT2D eigenvalue weighted by molar-refractivity contribution is -0.131. The largest absolute Gasteiger partial charge is 0.444 e. The fourth-order valence-electron chi connectivity index (χ4n) is 4.41. The number of carbonyl (C=O) groups excluding carboxylic acids is 1. The van der Waals surface area contributed by atoms with Crippen LogP contribution in [0.15, 0.2) is 0 Å². The molecule has 1 saturated carbocycles. The molecule has 20 heavy (non-hydrogen) atoms. The molecule has 4 nitrogen and oxygen atoms in total. The van der Waals surface area contributed by atoms with Crippen LogP contribution < -0.4 is 5.32 Å². The molecule has 0 radical (unpaired) electrons. The third-order valence-electron chi connectivity index (χ3n) is 5.20. The van der Waals surface area contributed by atoms with Crippen molar-refractivity contribution in [1.82, 2.24) is 10.2 Å². The first-order valence-corrected chi connectivity index (χ1v) is 8.15. The van der Waals surface area contributed by atoms with Gasteiger partial charge >= 0.3 is 6.09 Å².